The number of nitriles is 1. The maximum Gasteiger partial charge on any atom is 0.252 e. The predicted molar refractivity (Wildman–Crippen MR) is 57.3 cm³/mol. The third-order valence-corrected chi connectivity index (χ3v) is 4.83. The molecule has 0 saturated carbocycles. The fourth-order valence-electron chi connectivity index (χ4n) is 0.907. The molecule has 0 fully saturated rings. The SMILES string of the molecule is Cc1nc(Cl)sc1S(=O)(=O)NCCC#N. The largest absolute Gasteiger partial charge is 0.252 e. The summed E-state index contributed by atoms with van der Waals surface area (Å²) in [6.07, 6.45) is 0.130. The van der Waals surface area contributed by atoms with E-state index in [0.29, 0.717) is 5.69 Å². The van der Waals surface area contributed by atoms with Gasteiger partial charge in [-0.15, -0.1) is 0 Å². The normalized spacial score (nSPS) is 11.3. The van der Waals surface area contributed by atoms with Crippen LogP contribution in [0.2, 0.25) is 4.47 Å². The van der Waals surface area contributed by atoms with Crippen LogP contribution in [-0.2, 0) is 10.0 Å². The lowest BCUT2D eigenvalue weighted by Gasteiger charge is -2.01. The van der Waals surface area contributed by atoms with E-state index in [1.54, 1.807) is 6.92 Å². The van der Waals surface area contributed by atoms with Gasteiger partial charge >= 0.3 is 0 Å². The van der Waals surface area contributed by atoms with Crippen LogP contribution in [0.1, 0.15) is 12.1 Å². The van der Waals surface area contributed by atoms with Crippen LogP contribution >= 0.6 is 22.9 Å². The summed E-state index contributed by atoms with van der Waals surface area (Å²) < 4.78 is 25.8. The zero-order valence-electron chi connectivity index (χ0n) is 7.82. The molecule has 1 N–H and O–H groups in total. The highest BCUT2D eigenvalue weighted by molar-refractivity contribution is 7.91. The van der Waals surface area contributed by atoms with Gasteiger partial charge in [-0.2, -0.15) is 5.26 Å². The van der Waals surface area contributed by atoms with Crippen LogP contribution in [0.5, 0.6) is 0 Å². The minimum atomic E-state index is -3.57. The zero-order valence-corrected chi connectivity index (χ0v) is 10.2. The summed E-state index contributed by atoms with van der Waals surface area (Å²) >= 11 is 6.50. The van der Waals surface area contributed by atoms with Crippen LogP contribution in [0.15, 0.2) is 4.21 Å². The molecule has 0 amide bonds. The zero-order chi connectivity index (χ0) is 11.5. The number of nitrogens with one attached hydrogen (secondary N) is 1. The second kappa shape index (κ2) is 4.90. The van der Waals surface area contributed by atoms with E-state index < -0.39 is 10.0 Å². The standard InChI is InChI=1S/C7H8ClN3O2S2/c1-5-6(14-7(8)11-5)15(12,13)10-4-2-3-9/h10H,2,4H2,1H3. The maximum atomic E-state index is 11.6. The first-order valence-electron chi connectivity index (χ1n) is 3.97. The molecule has 5 nitrogen and oxygen atoms in total. The van der Waals surface area contributed by atoms with Gasteiger partial charge in [0.2, 0.25) is 0 Å². The molecule has 82 valence electrons. The van der Waals surface area contributed by atoms with E-state index in [0.717, 1.165) is 11.3 Å². The molecule has 0 radical (unpaired) electrons. The number of thiazole rings is 1. The number of aromatic nitrogens is 1. The van der Waals surface area contributed by atoms with Crippen molar-refractivity contribution < 1.29 is 8.42 Å². The molecule has 0 aromatic carbocycles. The highest BCUT2D eigenvalue weighted by atomic mass is 35.5. The molecule has 0 aliphatic rings. The Hall–Kier alpha value is -0.680. The van der Waals surface area contributed by atoms with Crippen LogP contribution in [0, 0.1) is 18.3 Å². The summed E-state index contributed by atoms with van der Waals surface area (Å²) in [5, 5.41) is 8.28. The minimum Gasteiger partial charge on any atom is -0.229 e. The van der Waals surface area contributed by atoms with Gasteiger partial charge in [-0.05, 0) is 6.92 Å². The molecule has 0 unspecified atom stereocenters. The van der Waals surface area contributed by atoms with Gasteiger partial charge in [0, 0.05) is 13.0 Å². The lowest BCUT2D eigenvalue weighted by atomic mass is 10.5. The van der Waals surface area contributed by atoms with Crippen molar-refractivity contribution in [1.82, 2.24) is 9.71 Å². The Morgan fingerprint density at radius 2 is 2.33 bits per heavy atom. The molecule has 1 rings (SSSR count). The van der Waals surface area contributed by atoms with E-state index >= 15 is 0 Å². The van der Waals surface area contributed by atoms with Crippen molar-refractivity contribution in [2.24, 2.45) is 0 Å². The molecule has 8 heteroatoms. The Bertz CT molecular complexity index is 489. The van der Waals surface area contributed by atoms with Crippen molar-refractivity contribution in [2.45, 2.75) is 17.6 Å². The topological polar surface area (TPSA) is 82.8 Å². The molecule has 0 atom stereocenters. The number of sulfonamides is 1. The van der Waals surface area contributed by atoms with Crippen molar-refractivity contribution in [2.75, 3.05) is 6.54 Å². The fraction of sp³-hybridized carbons (Fsp3) is 0.429. The smallest absolute Gasteiger partial charge is 0.229 e. The van der Waals surface area contributed by atoms with E-state index in [9.17, 15) is 8.42 Å². The van der Waals surface area contributed by atoms with E-state index in [4.69, 9.17) is 16.9 Å². The number of nitrogens with zero attached hydrogens (tertiary/aromatic N) is 2. The fourth-order valence-corrected chi connectivity index (χ4v) is 3.72. The second-order valence-electron chi connectivity index (χ2n) is 2.65. The quantitative estimate of drug-likeness (QED) is 0.832. The molecule has 0 spiro atoms. The van der Waals surface area contributed by atoms with Crippen LogP contribution in [0.25, 0.3) is 0 Å². The Morgan fingerprint density at radius 3 is 2.80 bits per heavy atom. The van der Waals surface area contributed by atoms with E-state index in [1.165, 1.54) is 0 Å². The highest BCUT2D eigenvalue weighted by Crippen LogP contribution is 2.26. The summed E-state index contributed by atoms with van der Waals surface area (Å²) in [5.74, 6) is 0. The summed E-state index contributed by atoms with van der Waals surface area (Å²) in [5.41, 5.74) is 0.370. The molecule has 1 aromatic heterocycles. The van der Waals surface area contributed by atoms with Gasteiger partial charge in [0.25, 0.3) is 10.0 Å². The summed E-state index contributed by atoms with van der Waals surface area (Å²) in [6, 6.07) is 1.85. The van der Waals surface area contributed by atoms with Gasteiger partial charge in [0.05, 0.1) is 11.8 Å². The van der Waals surface area contributed by atoms with Crippen molar-refractivity contribution in [3.63, 3.8) is 0 Å². The first kappa shape index (κ1) is 12.4. The maximum absolute atomic E-state index is 11.6. The van der Waals surface area contributed by atoms with Gasteiger partial charge in [-0.3, -0.25) is 0 Å². The number of aryl methyl sites for hydroxylation is 1. The van der Waals surface area contributed by atoms with Gasteiger partial charge < -0.3 is 0 Å². The Balaban J connectivity index is 2.87. The number of hydrogen-bond acceptors (Lipinski definition) is 5. The first-order chi connectivity index (χ1) is 6.97. The van der Waals surface area contributed by atoms with E-state index in [-0.39, 0.29) is 21.6 Å². The van der Waals surface area contributed by atoms with Crippen molar-refractivity contribution in [3.05, 3.63) is 10.2 Å². The van der Waals surface area contributed by atoms with Gasteiger partial charge in [0.15, 0.2) is 8.68 Å². The summed E-state index contributed by atoms with van der Waals surface area (Å²) in [7, 11) is -3.57. The lowest BCUT2D eigenvalue weighted by molar-refractivity contribution is 0.583. The Morgan fingerprint density at radius 1 is 1.67 bits per heavy atom. The molecule has 0 saturated heterocycles. The molecule has 1 aromatic rings. The monoisotopic (exact) mass is 265 g/mol. The van der Waals surface area contributed by atoms with Crippen molar-refractivity contribution in [3.8, 4) is 6.07 Å². The molecule has 0 aliphatic carbocycles. The van der Waals surface area contributed by atoms with Gasteiger partial charge in [-0.25, -0.2) is 18.1 Å². The Kier molecular flexibility index (Phi) is 4.04. The van der Waals surface area contributed by atoms with Crippen LogP contribution in [-0.4, -0.2) is 19.9 Å². The van der Waals surface area contributed by atoms with Gasteiger partial charge in [0.1, 0.15) is 0 Å². The minimum absolute atomic E-state index is 0.0911. The number of rotatable bonds is 4. The van der Waals surface area contributed by atoms with Crippen molar-refractivity contribution >= 4 is 33.0 Å². The third-order valence-electron chi connectivity index (χ3n) is 1.50. The molecule has 15 heavy (non-hydrogen) atoms. The van der Waals surface area contributed by atoms with Crippen LogP contribution in [0.3, 0.4) is 0 Å². The lowest BCUT2D eigenvalue weighted by Crippen LogP contribution is -2.24. The van der Waals surface area contributed by atoms with Crippen molar-refractivity contribution in [1.29, 1.82) is 5.26 Å². The first-order valence-corrected chi connectivity index (χ1v) is 6.64. The predicted octanol–water partition coefficient (Wildman–Crippen LogP) is 1.30. The number of halogens is 1. The van der Waals surface area contributed by atoms with Crippen LogP contribution < -0.4 is 4.72 Å². The second-order valence-corrected chi connectivity index (χ2v) is 6.19. The average molecular weight is 266 g/mol. The molecular weight excluding hydrogens is 258 g/mol. The van der Waals surface area contributed by atoms with Gasteiger partial charge in [-0.1, -0.05) is 22.9 Å². The van der Waals surface area contributed by atoms with Crippen LogP contribution in [0.4, 0.5) is 0 Å². The Labute approximate surface area is 96.8 Å². The molecule has 1 heterocycles. The summed E-state index contributed by atoms with van der Waals surface area (Å²) in [4.78, 5) is 3.81. The molecule has 0 bridgehead atoms. The summed E-state index contributed by atoms with van der Waals surface area (Å²) in [6.45, 7) is 1.66. The third kappa shape index (κ3) is 3.14. The molecular formula is C7H8ClN3O2S2. The number of hydrogen-bond donors (Lipinski definition) is 1. The van der Waals surface area contributed by atoms with E-state index in [1.807, 2.05) is 6.07 Å². The van der Waals surface area contributed by atoms with E-state index in [2.05, 4.69) is 9.71 Å². The average Bonchev–Trinajstić information content (AvgIpc) is 2.46. The highest BCUT2D eigenvalue weighted by Gasteiger charge is 2.20. The molecule has 0 aliphatic heterocycles.